The van der Waals surface area contributed by atoms with Gasteiger partial charge < -0.3 is 5.32 Å². The van der Waals surface area contributed by atoms with Gasteiger partial charge in [-0.15, -0.1) is 0 Å². The summed E-state index contributed by atoms with van der Waals surface area (Å²) < 4.78 is 22.8. The molecule has 5 nitrogen and oxygen atoms in total. The highest BCUT2D eigenvalue weighted by Crippen LogP contribution is 2.30. The summed E-state index contributed by atoms with van der Waals surface area (Å²) in [5.41, 5.74) is 0.128. The standard InChI is InChI=1S/C12H14Cl2N2O3S/c13-9-4-8(5-10(11(9)14)20(15,18)19)12(17)16-6-7-2-1-3-7/h4-5,7H,1-3,6H2,(H,16,17)(H2,15,18,19). The number of carbonyl (C=O) groups excluding carboxylic acids is 1. The molecule has 1 aliphatic rings. The molecule has 0 bridgehead atoms. The Kier molecular flexibility index (Phi) is 4.59. The Morgan fingerprint density at radius 3 is 2.50 bits per heavy atom. The molecule has 0 radical (unpaired) electrons. The molecule has 1 aromatic carbocycles. The molecule has 1 saturated carbocycles. The van der Waals surface area contributed by atoms with Crippen molar-refractivity contribution >= 4 is 39.1 Å². The van der Waals surface area contributed by atoms with E-state index in [2.05, 4.69) is 5.32 Å². The zero-order valence-electron chi connectivity index (χ0n) is 10.5. The lowest BCUT2D eigenvalue weighted by atomic mass is 9.85. The number of carbonyl (C=O) groups is 1. The minimum atomic E-state index is -4.03. The SMILES string of the molecule is NS(=O)(=O)c1cc(C(=O)NCC2CCC2)cc(Cl)c1Cl. The van der Waals surface area contributed by atoms with Gasteiger partial charge in [-0.3, -0.25) is 4.79 Å². The quantitative estimate of drug-likeness (QED) is 0.882. The molecule has 3 N–H and O–H groups in total. The second kappa shape index (κ2) is 5.89. The molecule has 2 rings (SSSR count). The molecule has 1 fully saturated rings. The fourth-order valence-electron chi connectivity index (χ4n) is 1.94. The van der Waals surface area contributed by atoms with Gasteiger partial charge in [-0.25, -0.2) is 13.6 Å². The van der Waals surface area contributed by atoms with Crippen molar-refractivity contribution in [2.45, 2.75) is 24.2 Å². The predicted octanol–water partition coefficient (Wildman–Crippen LogP) is 2.17. The number of amides is 1. The molecule has 1 aromatic rings. The average Bonchev–Trinajstić information content (AvgIpc) is 2.28. The average molecular weight is 337 g/mol. The van der Waals surface area contributed by atoms with Crippen LogP contribution in [0.3, 0.4) is 0 Å². The van der Waals surface area contributed by atoms with Crippen molar-refractivity contribution < 1.29 is 13.2 Å². The molecular formula is C12H14Cl2N2O3S. The van der Waals surface area contributed by atoms with E-state index in [0.29, 0.717) is 12.5 Å². The number of benzene rings is 1. The van der Waals surface area contributed by atoms with Crippen molar-refractivity contribution in [1.29, 1.82) is 0 Å². The van der Waals surface area contributed by atoms with Crippen molar-refractivity contribution in [2.75, 3.05) is 6.54 Å². The lowest BCUT2D eigenvalue weighted by Crippen LogP contribution is -2.32. The molecule has 0 unspecified atom stereocenters. The molecule has 0 saturated heterocycles. The van der Waals surface area contributed by atoms with E-state index in [-0.39, 0.29) is 26.4 Å². The van der Waals surface area contributed by atoms with Crippen LogP contribution >= 0.6 is 23.2 Å². The van der Waals surface area contributed by atoms with Crippen LogP contribution in [0.5, 0.6) is 0 Å². The number of hydrogen-bond acceptors (Lipinski definition) is 3. The summed E-state index contributed by atoms with van der Waals surface area (Å²) in [5, 5.41) is 7.60. The van der Waals surface area contributed by atoms with Gasteiger partial charge in [0.15, 0.2) is 0 Å². The van der Waals surface area contributed by atoms with E-state index in [0.717, 1.165) is 18.9 Å². The summed E-state index contributed by atoms with van der Waals surface area (Å²) in [6.07, 6.45) is 3.39. The zero-order chi connectivity index (χ0) is 14.9. The maximum atomic E-state index is 12.0. The minimum Gasteiger partial charge on any atom is -0.352 e. The number of nitrogens with one attached hydrogen (secondary N) is 1. The molecule has 0 spiro atoms. The van der Waals surface area contributed by atoms with E-state index in [4.69, 9.17) is 28.3 Å². The van der Waals surface area contributed by atoms with Crippen LogP contribution in [0.15, 0.2) is 17.0 Å². The first-order valence-corrected chi connectivity index (χ1v) is 8.39. The summed E-state index contributed by atoms with van der Waals surface area (Å²) in [6, 6.07) is 2.47. The Morgan fingerprint density at radius 2 is 2.00 bits per heavy atom. The van der Waals surface area contributed by atoms with Crippen molar-refractivity contribution in [1.82, 2.24) is 5.32 Å². The minimum absolute atomic E-state index is 0.0213. The van der Waals surface area contributed by atoms with Crippen LogP contribution in [-0.2, 0) is 10.0 Å². The fraction of sp³-hybridized carbons (Fsp3) is 0.417. The van der Waals surface area contributed by atoms with E-state index < -0.39 is 10.0 Å². The molecule has 0 aromatic heterocycles. The van der Waals surface area contributed by atoms with Crippen molar-refractivity contribution in [3.05, 3.63) is 27.7 Å². The van der Waals surface area contributed by atoms with E-state index in [1.165, 1.54) is 12.5 Å². The third kappa shape index (κ3) is 3.44. The number of hydrogen-bond donors (Lipinski definition) is 2. The highest BCUT2D eigenvalue weighted by atomic mass is 35.5. The van der Waals surface area contributed by atoms with E-state index in [1.54, 1.807) is 0 Å². The van der Waals surface area contributed by atoms with Gasteiger partial charge in [-0.2, -0.15) is 0 Å². The third-order valence-corrected chi connectivity index (χ3v) is 5.19. The van der Waals surface area contributed by atoms with Crippen LogP contribution in [0.25, 0.3) is 0 Å². The Labute approximate surface area is 127 Å². The van der Waals surface area contributed by atoms with Crippen molar-refractivity contribution in [3.63, 3.8) is 0 Å². The van der Waals surface area contributed by atoms with Crippen molar-refractivity contribution in [3.8, 4) is 0 Å². The predicted molar refractivity (Wildman–Crippen MR) is 77.5 cm³/mol. The monoisotopic (exact) mass is 336 g/mol. The molecule has 0 heterocycles. The highest BCUT2D eigenvalue weighted by molar-refractivity contribution is 7.89. The first-order chi connectivity index (χ1) is 9.29. The topological polar surface area (TPSA) is 89.3 Å². The summed E-state index contributed by atoms with van der Waals surface area (Å²) in [6.45, 7) is 0.573. The van der Waals surface area contributed by atoms with Gasteiger partial charge >= 0.3 is 0 Å². The molecule has 110 valence electrons. The Balaban J connectivity index is 2.23. The smallest absolute Gasteiger partial charge is 0.251 e. The van der Waals surface area contributed by atoms with Crippen LogP contribution in [0.4, 0.5) is 0 Å². The molecular weight excluding hydrogens is 323 g/mol. The lowest BCUT2D eigenvalue weighted by Gasteiger charge is -2.25. The summed E-state index contributed by atoms with van der Waals surface area (Å²) in [4.78, 5) is 11.6. The van der Waals surface area contributed by atoms with Gasteiger partial charge in [-0.1, -0.05) is 29.6 Å². The maximum absolute atomic E-state index is 12.0. The van der Waals surface area contributed by atoms with Crippen LogP contribution in [0, 0.1) is 5.92 Å². The first kappa shape index (κ1) is 15.6. The fourth-order valence-corrected chi connectivity index (χ4v) is 3.30. The molecule has 20 heavy (non-hydrogen) atoms. The van der Waals surface area contributed by atoms with Crippen molar-refractivity contribution in [2.24, 2.45) is 11.1 Å². The van der Waals surface area contributed by atoms with Gasteiger partial charge in [0.05, 0.1) is 10.0 Å². The zero-order valence-corrected chi connectivity index (χ0v) is 12.9. The summed E-state index contributed by atoms with van der Waals surface area (Å²) >= 11 is 11.6. The Hall–Kier alpha value is -0.820. The van der Waals surface area contributed by atoms with Gasteiger partial charge in [0.2, 0.25) is 10.0 Å². The highest BCUT2D eigenvalue weighted by Gasteiger charge is 2.21. The van der Waals surface area contributed by atoms with Crippen LogP contribution in [-0.4, -0.2) is 20.9 Å². The van der Waals surface area contributed by atoms with Gasteiger partial charge in [0, 0.05) is 12.1 Å². The number of nitrogens with two attached hydrogens (primary N) is 1. The molecule has 0 aliphatic heterocycles. The molecule has 8 heteroatoms. The van der Waals surface area contributed by atoms with E-state index in [9.17, 15) is 13.2 Å². The van der Waals surface area contributed by atoms with Gasteiger partial charge in [0.25, 0.3) is 5.91 Å². The normalized spacial score (nSPS) is 15.8. The molecule has 1 amide bonds. The lowest BCUT2D eigenvalue weighted by molar-refractivity contribution is 0.0939. The third-order valence-electron chi connectivity index (χ3n) is 3.34. The van der Waals surface area contributed by atoms with E-state index in [1.807, 2.05) is 0 Å². The van der Waals surface area contributed by atoms with Crippen LogP contribution in [0.1, 0.15) is 29.6 Å². The van der Waals surface area contributed by atoms with Crippen LogP contribution < -0.4 is 10.5 Å². The molecule has 1 aliphatic carbocycles. The number of sulfonamides is 1. The number of primary sulfonamides is 1. The second-order valence-corrected chi connectivity index (χ2v) is 7.14. The molecule has 0 atom stereocenters. The Morgan fingerprint density at radius 1 is 1.35 bits per heavy atom. The number of rotatable bonds is 4. The Bertz CT molecular complexity index is 642. The van der Waals surface area contributed by atoms with Gasteiger partial charge in [0.1, 0.15) is 4.90 Å². The summed E-state index contributed by atoms with van der Waals surface area (Å²) in [7, 11) is -4.03. The maximum Gasteiger partial charge on any atom is 0.251 e. The first-order valence-electron chi connectivity index (χ1n) is 6.09. The largest absolute Gasteiger partial charge is 0.352 e. The van der Waals surface area contributed by atoms with E-state index >= 15 is 0 Å². The second-order valence-electron chi connectivity index (χ2n) is 4.82. The number of halogens is 2. The summed E-state index contributed by atoms with van der Waals surface area (Å²) in [5.74, 6) is 0.111. The van der Waals surface area contributed by atoms with Crippen LogP contribution in [0.2, 0.25) is 10.0 Å². The van der Waals surface area contributed by atoms with Gasteiger partial charge in [-0.05, 0) is 30.9 Å².